The Hall–Kier alpha value is -4.21. The number of nitrogens with one attached hydrogen (secondary N) is 1. The number of halogens is 1. The van der Waals surface area contributed by atoms with Gasteiger partial charge in [-0.2, -0.15) is 0 Å². The van der Waals surface area contributed by atoms with Crippen LogP contribution in [0.4, 0.5) is 4.39 Å². The zero-order valence-electron chi connectivity index (χ0n) is 16.8. The van der Waals surface area contributed by atoms with Crippen LogP contribution in [-0.2, 0) is 17.8 Å². The molecular formula is C22H18FN5O4. The van der Waals surface area contributed by atoms with Crippen LogP contribution in [0.15, 0.2) is 59.7 Å². The fraction of sp³-hybridized carbons (Fsp3) is 0.182. The van der Waals surface area contributed by atoms with Gasteiger partial charge in [0.25, 0.3) is 0 Å². The molecule has 1 amide bonds. The van der Waals surface area contributed by atoms with Crippen LogP contribution in [0, 0.1) is 5.82 Å². The van der Waals surface area contributed by atoms with Gasteiger partial charge in [-0.1, -0.05) is 12.1 Å². The van der Waals surface area contributed by atoms with E-state index >= 15 is 0 Å². The summed E-state index contributed by atoms with van der Waals surface area (Å²) in [6.45, 7) is 0.555. The highest BCUT2D eigenvalue weighted by Gasteiger charge is 2.15. The monoisotopic (exact) mass is 435 g/mol. The molecular weight excluding hydrogens is 417 g/mol. The van der Waals surface area contributed by atoms with Gasteiger partial charge in [0.05, 0.1) is 5.69 Å². The molecule has 2 aromatic carbocycles. The predicted molar refractivity (Wildman–Crippen MR) is 111 cm³/mol. The standard InChI is InChI=1S/C22H18FN5O4/c23-15-2-1-3-16(11-15)27-8-9-28-19(25-26-21(28)22(27)30)6-7-20(29)24-12-14-4-5-17-18(10-14)32-13-31-17/h1-5,8-11H,6-7,12-13H2,(H,24,29). The summed E-state index contributed by atoms with van der Waals surface area (Å²) in [7, 11) is 0. The number of hydrogen-bond acceptors (Lipinski definition) is 6. The van der Waals surface area contributed by atoms with Crippen LogP contribution in [0.1, 0.15) is 17.8 Å². The number of ether oxygens (including phenoxy) is 2. The maximum atomic E-state index is 13.5. The van der Waals surface area contributed by atoms with Gasteiger partial charge < -0.3 is 14.8 Å². The Morgan fingerprint density at radius 1 is 1.09 bits per heavy atom. The van der Waals surface area contributed by atoms with Crippen molar-refractivity contribution >= 4 is 11.6 Å². The Kier molecular flexibility index (Phi) is 5.02. The molecule has 9 nitrogen and oxygen atoms in total. The number of aryl methyl sites for hydroxylation is 1. The second-order valence-corrected chi connectivity index (χ2v) is 7.23. The summed E-state index contributed by atoms with van der Waals surface area (Å²) in [5.41, 5.74) is 0.968. The number of nitrogens with zero attached hydrogens (tertiary/aromatic N) is 4. The number of carbonyl (C=O) groups excluding carboxylic acids is 1. The number of benzene rings is 2. The van der Waals surface area contributed by atoms with Gasteiger partial charge >= 0.3 is 5.56 Å². The lowest BCUT2D eigenvalue weighted by Gasteiger charge is -2.07. The number of hydrogen-bond donors (Lipinski definition) is 1. The van der Waals surface area contributed by atoms with E-state index in [0.717, 1.165) is 5.56 Å². The van der Waals surface area contributed by atoms with Crippen molar-refractivity contribution in [1.29, 1.82) is 0 Å². The number of rotatable bonds is 6. The molecule has 0 aliphatic carbocycles. The first-order valence-electron chi connectivity index (χ1n) is 9.95. The first-order valence-corrected chi connectivity index (χ1v) is 9.95. The van der Waals surface area contributed by atoms with Crippen molar-refractivity contribution in [3.63, 3.8) is 0 Å². The van der Waals surface area contributed by atoms with E-state index in [4.69, 9.17) is 9.47 Å². The lowest BCUT2D eigenvalue weighted by atomic mass is 10.2. The van der Waals surface area contributed by atoms with Crippen molar-refractivity contribution in [3.05, 3.63) is 82.4 Å². The third-order valence-electron chi connectivity index (χ3n) is 5.13. The molecule has 1 aliphatic heterocycles. The highest BCUT2D eigenvalue weighted by atomic mass is 19.1. The van der Waals surface area contributed by atoms with Crippen LogP contribution in [-0.4, -0.2) is 31.9 Å². The van der Waals surface area contributed by atoms with Crippen molar-refractivity contribution in [2.75, 3.05) is 6.79 Å². The highest BCUT2D eigenvalue weighted by Crippen LogP contribution is 2.32. The molecule has 32 heavy (non-hydrogen) atoms. The van der Waals surface area contributed by atoms with Gasteiger partial charge in [0.15, 0.2) is 11.5 Å². The molecule has 0 bridgehead atoms. The Balaban J connectivity index is 1.25. The molecule has 0 atom stereocenters. The fourth-order valence-corrected chi connectivity index (χ4v) is 3.50. The first-order chi connectivity index (χ1) is 15.6. The molecule has 0 unspecified atom stereocenters. The Morgan fingerprint density at radius 2 is 1.97 bits per heavy atom. The first kappa shape index (κ1) is 19.7. The van der Waals surface area contributed by atoms with Crippen molar-refractivity contribution in [2.45, 2.75) is 19.4 Å². The summed E-state index contributed by atoms with van der Waals surface area (Å²) in [5.74, 6) is 1.24. The van der Waals surface area contributed by atoms with E-state index in [9.17, 15) is 14.0 Å². The van der Waals surface area contributed by atoms with Crippen LogP contribution in [0.5, 0.6) is 11.5 Å². The van der Waals surface area contributed by atoms with Gasteiger partial charge in [0.1, 0.15) is 11.6 Å². The molecule has 1 aliphatic rings. The average molecular weight is 435 g/mol. The van der Waals surface area contributed by atoms with Gasteiger partial charge in [0, 0.05) is 31.8 Å². The molecule has 1 N–H and O–H groups in total. The van der Waals surface area contributed by atoms with Crippen molar-refractivity contribution in [3.8, 4) is 17.2 Å². The second-order valence-electron chi connectivity index (χ2n) is 7.23. The SMILES string of the molecule is O=C(CCc1nnc2c(=O)n(-c3cccc(F)c3)ccn12)NCc1ccc2c(c1)OCO2. The van der Waals surface area contributed by atoms with Crippen LogP contribution in [0.3, 0.4) is 0 Å². The summed E-state index contributed by atoms with van der Waals surface area (Å²) in [5, 5.41) is 10.9. The average Bonchev–Trinajstić information content (AvgIpc) is 3.43. The van der Waals surface area contributed by atoms with Crippen molar-refractivity contribution in [1.82, 2.24) is 24.5 Å². The Labute approximate surface area is 181 Å². The molecule has 4 aromatic rings. The fourth-order valence-electron chi connectivity index (χ4n) is 3.50. The van der Waals surface area contributed by atoms with Gasteiger partial charge in [-0.3, -0.25) is 18.6 Å². The zero-order valence-corrected chi connectivity index (χ0v) is 16.8. The second kappa shape index (κ2) is 8.14. The number of amides is 1. The summed E-state index contributed by atoms with van der Waals surface area (Å²) in [6, 6.07) is 11.2. The summed E-state index contributed by atoms with van der Waals surface area (Å²) in [6.07, 6.45) is 3.63. The minimum absolute atomic E-state index is 0.104. The number of carbonyl (C=O) groups is 1. The molecule has 5 rings (SSSR count). The van der Waals surface area contributed by atoms with Gasteiger partial charge in [-0.15, -0.1) is 10.2 Å². The summed E-state index contributed by atoms with van der Waals surface area (Å²) in [4.78, 5) is 25.0. The Morgan fingerprint density at radius 3 is 2.84 bits per heavy atom. The van der Waals surface area contributed by atoms with E-state index in [-0.39, 0.29) is 24.8 Å². The third kappa shape index (κ3) is 3.78. The van der Waals surface area contributed by atoms with E-state index in [1.165, 1.54) is 29.0 Å². The van der Waals surface area contributed by atoms with Gasteiger partial charge in [-0.05, 0) is 35.9 Å². The largest absolute Gasteiger partial charge is 0.454 e. The van der Waals surface area contributed by atoms with Gasteiger partial charge in [-0.25, -0.2) is 4.39 Å². The smallest absolute Gasteiger partial charge is 0.300 e. The molecule has 2 aromatic heterocycles. The van der Waals surface area contributed by atoms with Crippen LogP contribution in [0.2, 0.25) is 0 Å². The maximum absolute atomic E-state index is 13.5. The van der Waals surface area contributed by atoms with Gasteiger partial charge in [0.2, 0.25) is 18.3 Å². The lowest BCUT2D eigenvalue weighted by Crippen LogP contribution is -2.23. The third-order valence-corrected chi connectivity index (χ3v) is 5.13. The zero-order chi connectivity index (χ0) is 22.1. The quantitative estimate of drug-likeness (QED) is 0.497. The summed E-state index contributed by atoms with van der Waals surface area (Å²) >= 11 is 0. The predicted octanol–water partition coefficient (Wildman–Crippen LogP) is 2.00. The van der Waals surface area contributed by atoms with E-state index in [1.54, 1.807) is 16.7 Å². The van der Waals surface area contributed by atoms with Crippen LogP contribution >= 0.6 is 0 Å². The van der Waals surface area contributed by atoms with E-state index < -0.39 is 11.4 Å². The molecule has 0 radical (unpaired) electrons. The lowest BCUT2D eigenvalue weighted by molar-refractivity contribution is -0.121. The van der Waals surface area contributed by atoms with E-state index in [1.807, 2.05) is 18.2 Å². The van der Waals surface area contributed by atoms with Crippen molar-refractivity contribution in [2.24, 2.45) is 0 Å². The molecule has 0 saturated carbocycles. The summed E-state index contributed by atoms with van der Waals surface area (Å²) < 4.78 is 27.0. The highest BCUT2D eigenvalue weighted by molar-refractivity contribution is 5.76. The Bertz CT molecular complexity index is 1380. The van der Waals surface area contributed by atoms with Crippen LogP contribution in [0.25, 0.3) is 11.3 Å². The van der Waals surface area contributed by atoms with Crippen LogP contribution < -0.4 is 20.3 Å². The molecule has 0 fully saturated rings. The molecule has 3 heterocycles. The van der Waals surface area contributed by atoms with E-state index in [2.05, 4.69) is 15.5 Å². The normalized spacial score (nSPS) is 12.3. The number of fused-ring (bicyclic) bond motifs is 2. The molecule has 10 heteroatoms. The topological polar surface area (TPSA) is 99.8 Å². The molecule has 0 spiro atoms. The number of aromatic nitrogens is 4. The minimum atomic E-state index is -0.441. The molecule has 0 saturated heterocycles. The minimum Gasteiger partial charge on any atom is -0.454 e. The maximum Gasteiger partial charge on any atom is 0.300 e. The van der Waals surface area contributed by atoms with Crippen molar-refractivity contribution < 1.29 is 18.7 Å². The van der Waals surface area contributed by atoms with E-state index in [0.29, 0.717) is 36.0 Å². The molecule has 162 valence electrons.